The standard InChI is InChI=1S/C23H25NO7S/c1-22(29-13-14-30-22)23(11-12-23)18-9-7-17(8-10-18)20-15-28-21(25)24(20)16-31-32(26,27)19-5-3-2-4-6-19/h2-10,20H,11-16H2,1H3/t20-/m0/s1. The number of hydrogen-bond acceptors (Lipinski definition) is 7. The SMILES string of the molecule is CC1(C2(c3ccc([C@@H]4COC(=O)N4COS(=O)(=O)c4ccccc4)cc3)CC2)OCCO1. The Hall–Kier alpha value is -2.46. The summed E-state index contributed by atoms with van der Waals surface area (Å²) in [4.78, 5) is 13.6. The molecule has 0 aromatic heterocycles. The summed E-state index contributed by atoms with van der Waals surface area (Å²) in [5.74, 6) is -0.618. The lowest BCUT2D eigenvalue weighted by atomic mass is 9.87. The summed E-state index contributed by atoms with van der Waals surface area (Å²) in [7, 11) is -3.99. The van der Waals surface area contributed by atoms with E-state index in [1.54, 1.807) is 18.2 Å². The van der Waals surface area contributed by atoms with Crippen LogP contribution < -0.4 is 0 Å². The minimum Gasteiger partial charge on any atom is -0.447 e. The predicted octanol–water partition coefficient (Wildman–Crippen LogP) is 3.34. The fourth-order valence-corrected chi connectivity index (χ4v) is 5.47. The fourth-order valence-electron chi connectivity index (χ4n) is 4.60. The third kappa shape index (κ3) is 3.59. The third-order valence-corrected chi connectivity index (χ3v) is 7.93. The van der Waals surface area contributed by atoms with Crippen LogP contribution in [0.4, 0.5) is 4.79 Å². The summed E-state index contributed by atoms with van der Waals surface area (Å²) in [6.07, 6.45) is 1.37. The van der Waals surface area contributed by atoms with E-state index in [9.17, 15) is 13.2 Å². The molecule has 1 saturated carbocycles. The molecule has 5 rings (SSSR count). The van der Waals surface area contributed by atoms with Gasteiger partial charge in [-0.2, -0.15) is 8.42 Å². The highest BCUT2D eigenvalue weighted by atomic mass is 32.2. The molecule has 1 amide bonds. The van der Waals surface area contributed by atoms with Crippen molar-refractivity contribution >= 4 is 16.2 Å². The van der Waals surface area contributed by atoms with Gasteiger partial charge in [-0.3, -0.25) is 4.90 Å². The van der Waals surface area contributed by atoms with E-state index in [0.29, 0.717) is 13.2 Å². The summed E-state index contributed by atoms with van der Waals surface area (Å²) >= 11 is 0. The van der Waals surface area contributed by atoms with E-state index in [1.807, 2.05) is 31.2 Å². The maximum Gasteiger partial charge on any atom is 0.412 e. The lowest BCUT2D eigenvalue weighted by Crippen LogP contribution is -2.40. The Morgan fingerprint density at radius 3 is 2.31 bits per heavy atom. The molecule has 32 heavy (non-hydrogen) atoms. The van der Waals surface area contributed by atoms with Gasteiger partial charge in [0.2, 0.25) is 0 Å². The van der Waals surface area contributed by atoms with Crippen LogP contribution in [0.25, 0.3) is 0 Å². The van der Waals surface area contributed by atoms with Crippen LogP contribution >= 0.6 is 0 Å². The second-order valence-corrected chi connectivity index (χ2v) is 10.0. The maximum absolute atomic E-state index is 12.4. The normalized spacial score (nSPS) is 23.8. The third-order valence-electron chi connectivity index (χ3n) is 6.66. The van der Waals surface area contributed by atoms with Gasteiger partial charge in [0.05, 0.1) is 24.2 Å². The molecular formula is C23H25NO7S. The van der Waals surface area contributed by atoms with Gasteiger partial charge >= 0.3 is 6.09 Å². The molecule has 3 fully saturated rings. The number of nitrogens with zero attached hydrogens (tertiary/aromatic N) is 1. The predicted molar refractivity (Wildman–Crippen MR) is 113 cm³/mol. The second-order valence-electron chi connectivity index (χ2n) is 8.42. The summed E-state index contributed by atoms with van der Waals surface area (Å²) < 4.78 is 47.0. The number of benzene rings is 2. The van der Waals surface area contributed by atoms with Gasteiger partial charge in [0.25, 0.3) is 10.1 Å². The molecule has 0 bridgehead atoms. The van der Waals surface area contributed by atoms with Gasteiger partial charge in [0.15, 0.2) is 5.79 Å². The number of carbonyl (C=O) groups is 1. The molecule has 2 aromatic carbocycles. The largest absolute Gasteiger partial charge is 0.447 e. The Kier molecular flexibility index (Phi) is 5.24. The van der Waals surface area contributed by atoms with Gasteiger partial charge in [-0.15, -0.1) is 0 Å². The smallest absolute Gasteiger partial charge is 0.412 e. The lowest BCUT2D eigenvalue weighted by molar-refractivity contribution is -0.169. The molecule has 2 saturated heterocycles. The Bertz CT molecular complexity index is 1090. The summed E-state index contributed by atoms with van der Waals surface area (Å²) in [5.41, 5.74) is 1.82. The van der Waals surface area contributed by atoms with Gasteiger partial charge in [0, 0.05) is 5.41 Å². The molecule has 2 aliphatic heterocycles. The van der Waals surface area contributed by atoms with Crippen molar-refractivity contribution in [2.45, 2.75) is 41.9 Å². The van der Waals surface area contributed by atoms with Crippen molar-refractivity contribution in [3.63, 3.8) is 0 Å². The zero-order valence-corrected chi connectivity index (χ0v) is 18.5. The van der Waals surface area contributed by atoms with E-state index in [4.69, 9.17) is 18.4 Å². The Balaban J connectivity index is 1.31. The van der Waals surface area contributed by atoms with Gasteiger partial charge in [0.1, 0.15) is 13.3 Å². The summed E-state index contributed by atoms with van der Waals surface area (Å²) in [6, 6.07) is 15.3. The highest BCUT2D eigenvalue weighted by Crippen LogP contribution is 2.58. The van der Waals surface area contributed by atoms with Gasteiger partial charge in [-0.25, -0.2) is 8.98 Å². The molecule has 0 spiro atoms. The van der Waals surface area contributed by atoms with E-state index in [-0.39, 0.29) is 16.9 Å². The highest BCUT2D eigenvalue weighted by Gasteiger charge is 2.61. The summed E-state index contributed by atoms with van der Waals surface area (Å²) in [6.45, 7) is 2.89. The Morgan fingerprint density at radius 1 is 1.03 bits per heavy atom. The average molecular weight is 460 g/mol. The molecule has 170 valence electrons. The molecule has 0 N–H and O–H groups in total. The zero-order chi connectivity index (χ0) is 22.4. The number of cyclic esters (lactones) is 1. The van der Waals surface area contributed by atoms with Crippen molar-refractivity contribution in [2.75, 3.05) is 26.6 Å². The van der Waals surface area contributed by atoms with Crippen LogP contribution in [0.5, 0.6) is 0 Å². The molecule has 1 atom stereocenters. The van der Waals surface area contributed by atoms with E-state index in [2.05, 4.69) is 0 Å². The van der Waals surface area contributed by atoms with E-state index < -0.39 is 34.8 Å². The molecular weight excluding hydrogens is 434 g/mol. The number of hydrogen-bond donors (Lipinski definition) is 0. The van der Waals surface area contributed by atoms with Crippen LogP contribution in [0.3, 0.4) is 0 Å². The van der Waals surface area contributed by atoms with Crippen molar-refractivity contribution in [2.24, 2.45) is 0 Å². The monoisotopic (exact) mass is 459 g/mol. The zero-order valence-electron chi connectivity index (χ0n) is 17.7. The minimum atomic E-state index is -3.99. The highest BCUT2D eigenvalue weighted by molar-refractivity contribution is 7.86. The molecule has 2 aromatic rings. The van der Waals surface area contributed by atoms with Crippen LogP contribution in [-0.2, 0) is 33.9 Å². The Morgan fingerprint density at radius 2 is 1.69 bits per heavy atom. The number of ether oxygens (including phenoxy) is 3. The van der Waals surface area contributed by atoms with Crippen molar-refractivity contribution in [1.82, 2.24) is 4.90 Å². The van der Waals surface area contributed by atoms with Crippen molar-refractivity contribution in [1.29, 1.82) is 0 Å². The van der Waals surface area contributed by atoms with Crippen LogP contribution in [0.15, 0.2) is 59.5 Å². The van der Waals surface area contributed by atoms with Crippen molar-refractivity contribution in [3.8, 4) is 0 Å². The van der Waals surface area contributed by atoms with Crippen LogP contribution in [-0.4, -0.2) is 51.7 Å². The number of amides is 1. The van der Waals surface area contributed by atoms with E-state index >= 15 is 0 Å². The molecule has 0 radical (unpaired) electrons. The first kappa shape index (κ1) is 21.4. The summed E-state index contributed by atoms with van der Waals surface area (Å²) in [5, 5.41) is 0. The Labute approximate surface area is 187 Å². The van der Waals surface area contributed by atoms with Gasteiger partial charge in [-0.1, -0.05) is 42.5 Å². The minimum absolute atomic E-state index is 0.0352. The molecule has 8 nitrogen and oxygen atoms in total. The van der Waals surface area contributed by atoms with Crippen molar-refractivity contribution in [3.05, 3.63) is 65.7 Å². The van der Waals surface area contributed by atoms with Gasteiger partial charge in [-0.05, 0) is 43.0 Å². The molecule has 2 heterocycles. The average Bonchev–Trinajstić information content (AvgIpc) is 3.38. The first-order chi connectivity index (χ1) is 15.3. The first-order valence-corrected chi connectivity index (χ1v) is 12.0. The van der Waals surface area contributed by atoms with Crippen LogP contribution in [0, 0.1) is 0 Å². The molecule has 9 heteroatoms. The second kappa shape index (κ2) is 7.84. The van der Waals surface area contributed by atoms with Crippen LogP contribution in [0.2, 0.25) is 0 Å². The first-order valence-electron chi connectivity index (χ1n) is 10.6. The maximum atomic E-state index is 12.4. The van der Waals surface area contributed by atoms with Crippen LogP contribution in [0.1, 0.15) is 36.9 Å². The number of rotatable bonds is 7. The molecule has 0 unspecified atom stereocenters. The number of carbonyl (C=O) groups excluding carboxylic acids is 1. The molecule has 3 aliphatic rings. The van der Waals surface area contributed by atoms with Crippen molar-refractivity contribution < 1.29 is 31.6 Å². The quantitative estimate of drug-likeness (QED) is 0.587. The lowest BCUT2D eigenvalue weighted by Gasteiger charge is -2.33. The molecule has 1 aliphatic carbocycles. The van der Waals surface area contributed by atoms with Gasteiger partial charge < -0.3 is 14.2 Å². The topological polar surface area (TPSA) is 91.4 Å². The van der Waals surface area contributed by atoms with E-state index in [1.165, 1.54) is 17.0 Å². The van der Waals surface area contributed by atoms with E-state index in [0.717, 1.165) is 24.0 Å². The fraction of sp³-hybridized carbons (Fsp3) is 0.435.